The van der Waals surface area contributed by atoms with E-state index in [-0.39, 0.29) is 88.1 Å². The van der Waals surface area contributed by atoms with Crippen LogP contribution in [0.3, 0.4) is 0 Å². The highest BCUT2D eigenvalue weighted by Gasteiger charge is 2.26. The molecule has 1 N–H and O–H groups in total. The smallest absolute Gasteiger partial charge is 0.409 e. The van der Waals surface area contributed by atoms with Gasteiger partial charge in [0.05, 0.1) is 43.3 Å². The molecule has 1 aromatic rings. The number of allylic oxidation sites excluding steroid dienone is 1. The van der Waals surface area contributed by atoms with Crippen molar-refractivity contribution in [2.45, 2.75) is 19.8 Å². The fourth-order valence-electron chi connectivity index (χ4n) is 4.60. The van der Waals surface area contributed by atoms with Gasteiger partial charge in [0, 0.05) is 70.4 Å². The normalized spacial score (nSPS) is 15.3. The van der Waals surface area contributed by atoms with Crippen molar-refractivity contribution < 1.29 is 43.0 Å². The minimum absolute atomic E-state index is 0.0146. The lowest BCUT2D eigenvalue weighted by Crippen LogP contribution is -2.50. The number of benzene rings is 1. The van der Waals surface area contributed by atoms with E-state index in [4.69, 9.17) is 18.9 Å². The molecule has 0 unspecified atom stereocenters. The molecule has 15 heteroatoms. The highest BCUT2D eigenvalue weighted by atomic mass is 16.6. The maximum Gasteiger partial charge on any atom is 0.409 e. The number of carbonyl (C=O) groups excluding carboxylic acids is 4. The zero-order valence-electron chi connectivity index (χ0n) is 25.1. The van der Waals surface area contributed by atoms with Crippen LogP contribution in [0.5, 0.6) is 0 Å². The molecule has 0 radical (unpaired) electrons. The second kappa shape index (κ2) is 18.6. The van der Waals surface area contributed by atoms with Gasteiger partial charge in [0.25, 0.3) is 11.6 Å². The van der Waals surface area contributed by atoms with Gasteiger partial charge in [-0.2, -0.15) is 0 Å². The minimum atomic E-state index is -0.518. The van der Waals surface area contributed by atoms with Gasteiger partial charge in [0.1, 0.15) is 13.2 Å². The van der Waals surface area contributed by atoms with E-state index in [0.29, 0.717) is 38.3 Å². The molecule has 15 nitrogen and oxygen atoms in total. The van der Waals surface area contributed by atoms with Crippen LogP contribution in [-0.4, -0.2) is 135 Å². The first-order valence-corrected chi connectivity index (χ1v) is 14.7. The molecule has 0 aliphatic carbocycles. The largest absolute Gasteiger partial charge is 0.463 e. The van der Waals surface area contributed by atoms with Crippen molar-refractivity contribution >= 4 is 35.6 Å². The predicted octanol–water partition coefficient (Wildman–Crippen LogP) is 1.31. The Morgan fingerprint density at radius 2 is 1.45 bits per heavy atom. The maximum absolute atomic E-state index is 12.9. The number of nitro benzene ring substituents is 1. The summed E-state index contributed by atoms with van der Waals surface area (Å²) < 4.78 is 21.0. The first-order chi connectivity index (χ1) is 21.3. The number of nitrogens with zero attached hydrogens (tertiary/aromatic N) is 4. The summed E-state index contributed by atoms with van der Waals surface area (Å²) in [6.07, 6.45) is 2.86. The van der Waals surface area contributed by atoms with Gasteiger partial charge in [-0.1, -0.05) is 12.2 Å². The highest BCUT2D eigenvalue weighted by molar-refractivity contribution is 5.95. The van der Waals surface area contributed by atoms with Crippen LogP contribution in [0.25, 0.3) is 6.08 Å². The number of amides is 3. The van der Waals surface area contributed by atoms with Crippen molar-refractivity contribution in [1.82, 2.24) is 20.0 Å². The number of nitro groups is 1. The Morgan fingerprint density at radius 1 is 0.841 bits per heavy atom. The third-order valence-corrected chi connectivity index (χ3v) is 6.97. The van der Waals surface area contributed by atoms with Crippen molar-refractivity contribution in [3.63, 3.8) is 0 Å². The number of hydrogen-bond donors (Lipinski definition) is 1. The number of esters is 1. The second-order valence-electron chi connectivity index (χ2n) is 10.0. The van der Waals surface area contributed by atoms with E-state index in [1.807, 2.05) is 0 Å². The molecule has 3 amide bonds. The summed E-state index contributed by atoms with van der Waals surface area (Å²) in [6.45, 7) is 6.90. The Kier molecular flexibility index (Phi) is 14.5. The number of hydrogen-bond acceptors (Lipinski definition) is 11. The summed E-state index contributed by atoms with van der Waals surface area (Å²) in [6, 6.07) is 4.38. The van der Waals surface area contributed by atoms with Crippen molar-refractivity contribution in [2.24, 2.45) is 0 Å². The number of rotatable bonds is 15. The van der Waals surface area contributed by atoms with Gasteiger partial charge in [-0.3, -0.25) is 24.5 Å². The lowest BCUT2D eigenvalue weighted by molar-refractivity contribution is -0.385. The summed E-state index contributed by atoms with van der Waals surface area (Å²) in [5.41, 5.74) is 0.487. The van der Waals surface area contributed by atoms with Crippen LogP contribution in [0, 0.1) is 10.1 Å². The van der Waals surface area contributed by atoms with E-state index in [2.05, 4.69) is 5.32 Å². The molecule has 0 spiro atoms. The van der Waals surface area contributed by atoms with Gasteiger partial charge in [-0.05, 0) is 19.1 Å². The molecule has 44 heavy (non-hydrogen) atoms. The molecule has 0 aromatic heterocycles. The summed E-state index contributed by atoms with van der Waals surface area (Å²) in [5, 5.41) is 14.6. The van der Waals surface area contributed by atoms with Crippen molar-refractivity contribution in [1.29, 1.82) is 0 Å². The molecule has 0 bridgehead atoms. The molecule has 3 rings (SSSR count). The molecule has 2 aliphatic heterocycles. The quantitative estimate of drug-likeness (QED) is 0.130. The van der Waals surface area contributed by atoms with Gasteiger partial charge in [-0.25, -0.2) is 4.79 Å². The van der Waals surface area contributed by atoms with E-state index in [1.165, 1.54) is 6.07 Å². The van der Waals surface area contributed by atoms with E-state index in [1.54, 1.807) is 45.9 Å². The fourth-order valence-corrected chi connectivity index (χ4v) is 4.60. The molecule has 2 heterocycles. The number of ether oxygens (including phenoxy) is 4. The molecular formula is C29H41N5O10. The maximum atomic E-state index is 12.9. The Balaban J connectivity index is 1.21. The third-order valence-electron chi connectivity index (χ3n) is 6.97. The molecule has 2 aliphatic rings. The monoisotopic (exact) mass is 619 g/mol. The SMILES string of the molecule is C/C=C/c1ccc(C(=O)N2CCN(C(=O)CCC(=O)OCCOCCOCCOC(=O)N3CCNCC3)CC2)cc1[N+](=O)[O-]. The Hall–Kier alpha value is -4.08. The van der Waals surface area contributed by atoms with Crippen LogP contribution in [0.2, 0.25) is 0 Å². The zero-order chi connectivity index (χ0) is 31.7. The van der Waals surface area contributed by atoms with Gasteiger partial charge < -0.3 is 39.0 Å². The van der Waals surface area contributed by atoms with E-state index in [9.17, 15) is 29.3 Å². The number of nitrogens with one attached hydrogen (secondary N) is 1. The van der Waals surface area contributed by atoms with Crippen molar-refractivity contribution in [3.8, 4) is 0 Å². The average molecular weight is 620 g/mol. The molecule has 0 saturated carbocycles. The van der Waals surface area contributed by atoms with Crippen LogP contribution in [0.15, 0.2) is 24.3 Å². The summed E-state index contributed by atoms with van der Waals surface area (Å²) >= 11 is 0. The van der Waals surface area contributed by atoms with Crippen LogP contribution in [0.4, 0.5) is 10.5 Å². The average Bonchev–Trinajstić information content (AvgIpc) is 3.04. The molecule has 1 aromatic carbocycles. The van der Waals surface area contributed by atoms with Crippen LogP contribution in [-0.2, 0) is 28.5 Å². The molecular weight excluding hydrogens is 578 g/mol. The van der Waals surface area contributed by atoms with Crippen LogP contribution >= 0.6 is 0 Å². The van der Waals surface area contributed by atoms with Crippen LogP contribution < -0.4 is 5.32 Å². The Morgan fingerprint density at radius 3 is 2.09 bits per heavy atom. The van der Waals surface area contributed by atoms with E-state index in [0.717, 1.165) is 13.1 Å². The van der Waals surface area contributed by atoms with E-state index < -0.39 is 10.9 Å². The topological polar surface area (TPSA) is 170 Å². The number of carbonyl (C=O) groups is 4. The molecule has 0 atom stereocenters. The number of piperazine rings is 2. The lowest BCUT2D eigenvalue weighted by Gasteiger charge is -2.34. The first-order valence-electron chi connectivity index (χ1n) is 14.7. The van der Waals surface area contributed by atoms with Crippen molar-refractivity contribution in [3.05, 3.63) is 45.5 Å². The Bertz CT molecular complexity index is 1160. The Labute approximate surface area is 256 Å². The predicted molar refractivity (Wildman–Crippen MR) is 158 cm³/mol. The van der Waals surface area contributed by atoms with Gasteiger partial charge in [0.15, 0.2) is 0 Å². The third kappa shape index (κ3) is 11.2. The fraction of sp³-hybridized carbons (Fsp3) is 0.586. The molecule has 2 saturated heterocycles. The second-order valence-corrected chi connectivity index (χ2v) is 10.0. The molecule has 2 fully saturated rings. The van der Waals surface area contributed by atoms with Gasteiger partial charge >= 0.3 is 12.1 Å². The summed E-state index contributed by atoms with van der Waals surface area (Å²) in [5.74, 6) is -1.06. The van der Waals surface area contributed by atoms with Crippen molar-refractivity contribution in [2.75, 3.05) is 92.0 Å². The first kappa shape index (κ1) is 34.4. The minimum Gasteiger partial charge on any atom is -0.463 e. The zero-order valence-corrected chi connectivity index (χ0v) is 25.1. The highest BCUT2D eigenvalue weighted by Crippen LogP contribution is 2.23. The summed E-state index contributed by atoms with van der Waals surface area (Å²) in [7, 11) is 0. The van der Waals surface area contributed by atoms with E-state index >= 15 is 0 Å². The van der Waals surface area contributed by atoms with Crippen LogP contribution in [0.1, 0.15) is 35.7 Å². The lowest BCUT2D eigenvalue weighted by atomic mass is 10.1. The van der Waals surface area contributed by atoms with Gasteiger partial charge in [0.2, 0.25) is 5.91 Å². The summed E-state index contributed by atoms with van der Waals surface area (Å²) in [4.78, 5) is 65.0. The standard InChI is InChI=1S/C29H41N5O10/c1-2-3-23-4-5-24(22-25(23)34(39)40)28(37)32-14-12-31(13-15-32)26(35)6-7-27(36)43-20-18-41-16-17-42-19-21-44-29(38)33-10-8-30-9-11-33/h2-5,22,30H,6-21H2,1H3/b3-2+. The molecule has 242 valence electrons. The van der Waals surface area contributed by atoms with Gasteiger partial charge in [-0.15, -0.1) is 0 Å².